The highest BCUT2D eigenvalue weighted by molar-refractivity contribution is 5.73. The van der Waals surface area contributed by atoms with Gasteiger partial charge < -0.3 is 11.1 Å². The molecule has 0 aliphatic carbocycles. The molecule has 0 aliphatic heterocycles. The fraction of sp³-hybridized carbons (Fsp3) is 0.273. The lowest BCUT2D eigenvalue weighted by molar-refractivity contribution is -0.118. The fourth-order valence-electron chi connectivity index (χ4n) is 1.50. The Morgan fingerprint density at radius 3 is 3.11 bits per heavy atom. The van der Waals surface area contributed by atoms with Crippen LogP contribution in [0.3, 0.4) is 0 Å². The maximum absolute atomic E-state index is 10.7. The van der Waals surface area contributed by atoms with Gasteiger partial charge in [0.1, 0.15) is 12.4 Å². The SMILES string of the molecule is Cc1nccc(CNc2cnn(CC(N)=O)c2)n1. The van der Waals surface area contributed by atoms with Crippen molar-refractivity contribution in [3.05, 3.63) is 36.2 Å². The molecule has 2 heterocycles. The summed E-state index contributed by atoms with van der Waals surface area (Å²) in [5.74, 6) is 0.315. The second-order valence-electron chi connectivity index (χ2n) is 3.84. The molecule has 0 fully saturated rings. The second-order valence-corrected chi connectivity index (χ2v) is 3.84. The van der Waals surface area contributed by atoms with Crippen LogP contribution in [0.15, 0.2) is 24.7 Å². The summed E-state index contributed by atoms with van der Waals surface area (Å²) in [5.41, 5.74) is 6.78. The van der Waals surface area contributed by atoms with Crippen molar-refractivity contribution in [2.75, 3.05) is 5.32 Å². The first-order valence-corrected chi connectivity index (χ1v) is 5.46. The number of nitrogens with one attached hydrogen (secondary N) is 1. The second kappa shape index (κ2) is 5.26. The molecule has 0 spiro atoms. The molecule has 2 aromatic heterocycles. The number of aromatic nitrogens is 4. The van der Waals surface area contributed by atoms with Crippen LogP contribution >= 0.6 is 0 Å². The van der Waals surface area contributed by atoms with Gasteiger partial charge in [-0.05, 0) is 13.0 Å². The number of anilines is 1. The Labute approximate surface area is 104 Å². The highest BCUT2D eigenvalue weighted by Gasteiger charge is 2.01. The van der Waals surface area contributed by atoms with Crippen LogP contribution in [-0.2, 0) is 17.9 Å². The molecule has 0 aliphatic rings. The Morgan fingerprint density at radius 1 is 1.56 bits per heavy atom. The fourth-order valence-corrected chi connectivity index (χ4v) is 1.50. The zero-order valence-electron chi connectivity index (χ0n) is 10.00. The van der Waals surface area contributed by atoms with Crippen LogP contribution < -0.4 is 11.1 Å². The highest BCUT2D eigenvalue weighted by Crippen LogP contribution is 2.06. The van der Waals surface area contributed by atoms with E-state index in [1.807, 2.05) is 13.0 Å². The largest absolute Gasteiger partial charge is 0.377 e. The normalized spacial score (nSPS) is 10.3. The predicted molar refractivity (Wildman–Crippen MR) is 65.5 cm³/mol. The molecule has 0 aromatic carbocycles. The smallest absolute Gasteiger partial charge is 0.239 e. The Balaban J connectivity index is 1.94. The van der Waals surface area contributed by atoms with E-state index in [0.29, 0.717) is 6.54 Å². The van der Waals surface area contributed by atoms with E-state index >= 15 is 0 Å². The van der Waals surface area contributed by atoms with Crippen molar-refractivity contribution in [2.24, 2.45) is 5.73 Å². The van der Waals surface area contributed by atoms with Crippen LogP contribution in [0, 0.1) is 6.92 Å². The molecule has 0 atom stereocenters. The Hall–Kier alpha value is -2.44. The summed E-state index contributed by atoms with van der Waals surface area (Å²) in [5, 5.41) is 7.16. The van der Waals surface area contributed by atoms with Crippen LogP contribution in [0.1, 0.15) is 11.5 Å². The predicted octanol–water partition coefficient (Wildman–Crippen LogP) is 0.0789. The van der Waals surface area contributed by atoms with E-state index in [1.165, 1.54) is 4.68 Å². The number of aryl methyl sites for hydroxylation is 1. The summed E-state index contributed by atoms with van der Waals surface area (Å²) in [7, 11) is 0. The number of hydrogen-bond donors (Lipinski definition) is 2. The molecule has 2 rings (SSSR count). The Kier molecular flexibility index (Phi) is 3.52. The van der Waals surface area contributed by atoms with Crippen molar-refractivity contribution in [2.45, 2.75) is 20.0 Å². The number of hydrogen-bond acceptors (Lipinski definition) is 5. The monoisotopic (exact) mass is 246 g/mol. The van der Waals surface area contributed by atoms with Gasteiger partial charge in [0.2, 0.25) is 5.91 Å². The maximum atomic E-state index is 10.7. The average Bonchev–Trinajstić information content (AvgIpc) is 2.73. The first kappa shape index (κ1) is 12.0. The summed E-state index contributed by atoms with van der Waals surface area (Å²) in [6.45, 7) is 2.49. The molecule has 1 amide bonds. The van der Waals surface area contributed by atoms with Gasteiger partial charge in [-0.1, -0.05) is 0 Å². The first-order valence-electron chi connectivity index (χ1n) is 5.46. The number of nitrogens with two attached hydrogens (primary N) is 1. The van der Waals surface area contributed by atoms with E-state index in [0.717, 1.165) is 17.2 Å². The topological polar surface area (TPSA) is 98.7 Å². The van der Waals surface area contributed by atoms with Gasteiger partial charge in [-0.2, -0.15) is 5.10 Å². The number of nitrogens with zero attached hydrogens (tertiary/aromatic N) is 4. The Morgan fingerprint density at radius 2 is 2.39 bits per heavy atom. The lowest BCUT2D eigenvalue weighted by Crippen LogP contribution is -2.18. The zero-order valence-corrected chi connectivity index (χ0v) is 10.00. The van der Waals surface area contributed by atoms with Crippen molar-refractivity contribution >= 4 is 11.6 Å². The van der Waals surface area contributed by atoms with Gasteiger partial charge in [-0.25, -0.2) is 9.97 Å². The van der Waals surface area contributed by atoms with Crippen LogP contribution in [0.2, 0.25) is 0 Å². The standard InChI is InChI=1S/C11H14N6O/c1-8-13-3-2-9(16-8)4-14-10-5-15-17(6-10)7-11(12)18/h2-3,5-6,14H,4,7H2,1H3,(H2,12,18). The molecule has 7 nitrogen and oxygen atoms in total. The van der Waals surface area contributed by atoms with Gasteiger partial charge in [0.05, 0.1) is 24.1 Å². The minimum atomic E-state index is -0.420. The third kappa shape index (κ3) is 3.27. The highest BCUT2D eigenvalue weighted by atomic mass is 16.1. The quantitative estimate of drug-likeness (QED) is 0.778. The van der Waals surface area contributed by atoms with Crippen molar-refractivity contribution < 1.29 is 4.79 Å². The first-order chi connectivity index (χ1) is 8.63. The molecular weight excluding hydrogens is 232 g/mol. The van der Waals surface area contributed by atoms with E-state index in [1.54, 1.807) is 18.6 Å². The summed E-state index contributed by atoms with van der Waals surface area (Å²) in [6.07, 6.45) is 5.08. The number of carbonyl (C=O) groups excluding carboxylic acids is 1. The molecule has 0 saturated heterocycles. The van der Waals surface area contributed by atoms with E-state index in [9.17, 15) is 4.79 Å². The molecule has 0 saturated carbocycles. The molecule has 18 heavy (non-hydrogen) atoms. The maximum Gasteiger partial charge on any atom is 0.239 e. The van der Waals surface area contributed by atoms with Crippen LogP contribution in [0.4, 0.5) is 5.69 Å². The average molecular weight is 246 g/mol. The molecule has 3 N–H and O–H groups in total. The zero-order chi connectivity index (χ0) is 13.0. The third-order valence-corrected chi connectivity index (χ3v) is 2.26. The molecule has 2 aromatic rings. The molecular formula is C11H14N6O. The van der Waals surface area contributed by atoms with Crippen molar-refractivity contribution in [3.8, 4) is 0 Å². The van der Waals surface area contributed by atoms with Crippen molar-refractivity contribution in [3.63, 3.8) is 0 Å². The van der Waals surface area contributed by atoms with Crippen LogP contribution in [-0.4, -0.2) is 25.7 Å². The Bertz CT molecular complexity index is 550. The third-order valence-electron chi connectivity index (χ3n) is 2.26. The lowest BCUT2D eigenvalue weighted by Gasteiger charge is -2.03. The van der Waals surface area contributed by atoms with E-state index in [-0.39, 0.29) is 6.54 Å². The van der Waals surface area contributed by atoms with Gasteiger partial charge in [0.25, 0.3) is 0 Å². The van der Waals surface area contributed by atoms with Gasteiger partial charge in [-0.15, -0.1) is 0 Å². The van der Waals surface area contributed by atoms with Gasteiger partial charge in [0.15, 0.2) is 0 Å². The summed E-state index contributed by atoms with van der Waals surface area (Å²) in [6, 6.07) is 1.84. The molecule has 94 valence electrons. The number of carbonyl (C=O) groups is 1. The number of rotatable bonds is 5. The molecule has 7 heteroatoms. The van der Waals surface area contributed by atoms with Crippen molar-refractivity contribution in [1.29, 1.82) is 0 Å². The van der Waals surface area contributed by atoms with Gasteiger partial charge in [-0.3, -0.25) is 9.48 Å². The van der Waals surface area contributed by atoms with E-state index < -0.39 is 5.91 Å². The van der Waals surface area contributed by atoms with Gasteiger partial charge >= 0.3 is 0 Å². The molecule has 0 radical (unpaired) electrons. The summed E-state index contributed by atoms with van der Waals surface area (Å²) < 4.78 is 1.48. The van der Waals surface area contributed by atoms with Crippen molar-refractivity contribution in [1.82, 2.24) is 19.7 Å². The van der Waals surface area contributed by atoms with Crippen LogP contribution in [0.25, 0.3) is 0 Å². The number of amides is 1. The molecule has 0 unspecified atom stereocenters. The minimum Gasteiger partial charge on any atom is -0.377 e. The summed E-state index contributed by atoms with van der Waals surface area (Å²) in [4.78, 5) is 19.0. The van der Waals surface area contributed by atoms with Crippen LogP contribution in [0.5, 0.6) is 0 Å². The molecule has 0 bridgehead atoms. The van der Waals surface area contributed by atoms with E-state index in [2.05, 4.69) is 20.4 Å². The summed E-state index contributed by atoms with van der Waals surface area (Å²) >= 11 is 0. The van der Waals surface area contributed by atoms with E-state index in [4.69, 9.17) is 5.73 Å². The van der Waals surface area contributed by atoms with Gasteiger partial charge in [0, 0.05) is 12.4 Å². The number of primary amides is 1. The minimum absolute atomic E-state index is 0.0777. The lowest BCUT2D eigenvalue weighted by atomic mass is 10.4.